The molecule has 7 heteroatoms. The van der Waals surface area contributed by atoms with Crippen LogP contribution in [0.25, 0.3) is 0 Å². The molecule has 31 heavy (non-hydrogen) atoms. The Morgan fingerprint density at radius 3 is 2.58 bits per heavy atom. The normalized spacial score (nSPS) is 13.0. The molecule has 0 atom stereocenters. The van der Waals surface area contributed by atoms with E-state index in [0.717, 1.165) is 34.5 Å². The molecule has 0 bridgehead atoms. The van der Waals surface area contributed by atoms with Gasteiger partial charge in [-0.2, -0.15) is 5.10 Å². The molecule has 1 heterocycles. The summed E-state index contributed by atoms with van der Waals surface area (Å²) in [7, 11) is 0. The topological polar surface area (TPSA) is 88.1 Å². The first-order valence-corrected chi connectivity index (χ1v) is 10.4. The van der Waals surface area contributed by atoms with Crippen LogP contribution in [0.3, 0.4) is 0 Å². The number of benzene rings is 2. The zero-order valence-corrected chi connectivity index (χ0v) is 17.9. The molecule has 2 aromatic carbocycles. The Morgan fingerprint density at radius 2 is 1.84 bits per heavy atom. The standard InChI is InChI=1S/C24H27N3O4/c1-3-18-11-7-8-17(2)24(18)25-21(28)16-31-23(30)13-12-22(29)27-15-14-20(26-27)19-9-5-4-6-10-19/h4-11H,3,12-16H2,1-2H3,(H,25,28). The smallest absolute Gasteiger partial charge is 0.306 e. The molecular weight excluding hydrogens is 394 g/mol. The molecule has 0 saturated carbocycles. The highest BCUT2D eigenvalue weighted by atomic mass is 16.5. The van der Waals surface area contributed by atoms with Crippen molar-refractivity contribution in [3.05, 3.63) is 65.2 Å². The monoisotopic (exact) mass is 421 g/mol. The first-order valence-electron chi connectivity index (χ1n) is 10.4. The van der Waals surface area contributed by atoms with Crippen molar-refractivity contribution >= 4 is 29.2 Å². The van der Waals surface area contributed by atoms with E-state index in [9.17, 15) is 14.4 Å². The highest BCUT2D eigenvalue weighted by Gasteiger charge is 2.22. The van der Waals surface area contributed by atoms with Gasteiger partial charge in [0.2, 0.25) is 5.91 Å². The van der Waals surface area contributed by atoms with Gasteiger partial charge in [0, 0.05) is 18.5 Å². The number of anilines is 1. The van der Waals surface area contributed by atoms with E-state index in [1.165, 1.54) is 5.01 Å². The van der Waals surface area contributed by atoms with Crippen molar-refractivity contribution in [2.45, 2.75) is 39.5 Å². The lowest BCUT2D eigenvalue weighted by Gasteiger charge is -2.13. The maximum absolute atomic E-state index is 12.3. The number of hydrogen-bond donors (Lipinski definition) is 1. The van der Waals surface area contributed by atoms with Gasteiger partial charge in [-0.05, 0) is 30.0 Å². The molecule has 2 amide bonds. The molecule has 0 saturated heterocycles. The van der Waals surface area contributed by atoms with Crippen LogP contribution in [0.5, 0.6) is 0 Å². The lowest BCUT2D eigenvalue weighted by Crippen LogP contribution is -2.25. The van der Waals surface area contributed by atoms with Gasteiger partial charge in [-0.15, -0.1) is 0 Å². The summed E-state index contributed by atoms with van der Waals surface area (Å²) in [6.45, 7) is 4.03. The second-order valence-corrected chi connectivity index (χ2v) is 7.35. The molecule has 0 aliphatic carbocycles. The molecule has 0 radical (unpaired) electrons. The summed E-state index contributed by atoms with van der Waals surface area (Å²) in [5.74, 6) is -1.23. The maximum atomic E-state index is 12.3. The Labute approximate surface area is 182 Å². The molecule has 2 aromatic rings. The van der Waals surface area contributed by atoms with Gasteiger partial charge in [0.15, 0.2) is 6.61 Å². The van der Waals surface area contributed by atoms with Crippen LogP contribution in [-0.2, 0) is 25.5 Å². The molecule has 0 fully saturated rings. The van der Waals surface area contributed by atoms with E-state index < -0.39 is 11.9 Å². The number of hydrogen-bond acceptors (Lipinski definition) is 5. The predicted octanol–water partition coefficient (Wildman–Crippen LogP) is 3.46. The van der Waals surface area contributed by atoms with Crippen molar-refractivity contribution in [1.82, 2.24) is 5.01 Å². The number of nitrogens with one attached hydrogen (secondary N) is 1. The fourth-order valence-electron chi connectivity index (χ4n) is 3.40. The summed E-state index contributed by atoms with van der Waals surface area (Å²) in [6, 6.07) is 15.5. The summed E-state index contributed by atoms with van der Waals surface area (Å²) in [4.78, 5) is 36.5. The van der Waals surface area contributed by atoms with Crippen LogP contribution in [-0.4, -0.2) is 41.7 Å². The number of rotatable bonds is 8. The maximum Gasteiger partial charge on any atom is 0.306 e. The number of ether oxygens (including phenoxy) is 1. The van der Waals surface area contributed by atoms with Gasteiger partial charge in [-0.3, -0.25) is 14.4 Å². The second-order valence-electron chi connectivity index (χ2n) is 7.35. The SMILES string of the molecule is CCc1cccc(C)c1NC(=O)COC(=O)CCC(=O)N1CCC(c2ccccc2)=N1. The van der Waals surface area contributed by atoms with Crippen LogP contribution in [0.2, 0.25) is 0 Å². The fourth-order valence-corrected chi connectivity index (χ4v) is 3.40. The minimum atomic E-state index is -0.588. The van der Waals surface area contributed by atoms with Gasteiger partial charge < -0.3 is 10.1 Å². The summed E-state index contributed by atoms with van der Waals surface area (Å²) >= 11 is 0. The minimum absolute atomic E-state index is 0.0101. The zero-order valence-electron chi connectivity index (χ0n) is 17.9. The summed E-state index contributed by atoms with van der Waals surface area (Å²) in [5, 5.41) is 8.57. The van der Waals surface area contributed by atoms with Gasteiger partial charge in [0.05, 0.1) is 18.7 Å². The van der Waals surface area contributed by atoms with E-state index in [0.29, 0.717) is 13.0 Å². The molecule has 1 N–H and O–H groups in total. The quantitative estimate of drug-likeness (QED) is 0.661. The molecule has 7 nitrogen and oxygen atoms in total. The average molecular weight is 421 g/mol. The Hall–Kier alpha value is -3.48. The first kappa shape index (κ1) is 22.2. The number of carbonyl (C=O) groups excluding carboxylic acids is 3. The lowest BCUT2D eigenvalue weighted by molar-refractivity contribution is -0.148. The van der Waals surface area contributed by atoms with Crippen LogP contribution < -0.4 is 5.32 Å². The van der Waals surface area contributed by atoms with E-state index in [4.69, 9.17) is 4.74 Å². The third kappa shape index (κ3) is 6.01. The number of nitrogens with zero attached hydrogens (tertiary/aromatic N) is 2. The molecule has 3 rings (SSSR count). The number of hydrazone groups is 1. The number of amides is 2. The van der Waals surface area contributed by atoms with E-state index in [1.54, 1.807) is 0 Å². The highest BCUT2D eigenvalue weighted by Crippen LogP contribution is 2.21. The van der Waals surface area contributed by atoms with Crippen LogP contribution in [0.15, 0.2) is 53.6 Å². The number of aryl methyl sites for hydroxylation is 2. The fraction of sp³-hybridized carbons (Fsp3) is 0.333. The summed E-state index contributed by atoms with van der Waals surface area (Å²) < 4.78 is 5.04. The Morgan fingerprint density at radius 1 is 1.06 bits per heavy atom. The summed E-state index contributed by atoms with van der Waals surface area (Å²) in [6.07, 6.45) is 1.36. The van der Waals surface area contributed by atoms with Crippen molar-refractivity contribution in [3.63, 3.8) is 0 Å². The number of para-hydroxylation sites is 1. The molecule has 1 aliphatic heterocycles. The first-order chi connectivity index (χ1) is 15.0. The zero-order chi connectivity index (χ0) is 22.2. The molecule has 162 valence electrons. The molecular formula is C24H27N3O4. The van der Waals surface area contributed by atoms with Gasteiger partial charge in [0.1, 0.15) is 0 Å². The molecule has 0 spiro atoms. The molecule has 1 aliphatic rings. The van der Waals surface area contributed by atoms with Crippen LogP contribution in [0.1, 0.15) is 42.9 Å². The Balaban J connectivity index is 1.43. The Bertz CT molecular complexity index is 986. The summed E-state index contributed by atoms with van der Waals surface area (Å²) in [5.41, 5.74) is 4.57. The third-order valence-electron chi connectivity index (χ3n) is 5.11. The lowest BCUT2D eigenvalue weighted by atomic mass is 10.1. The molecule has 0 unspecified atom stereocenters. The van der Waals surface area contributed by atoms with E-state index in [1.807, 2.05) is 62.4 Å². The van der Waals surface area contributed by atoms with Crippen molar-refractivity contribution in [1.29, 1.82) is 0 Å². The highest BCUT2D eigenvalue weighted by molar-refractivity contribution is 6.02. The number of carbonyl (C=O) groups is 3. The van der Waals surface area contributed by atoms with Gasteiger partial charge in [-0.1, -0.05) is 55.5 Å². The van der Waals surface area contributed by atoms with Gasteiger partial charge in [0.25, 0.3) is 5.91 Å². The van der Waals surface area contributed by atoms with Crippen LogP contribution >= 0.6 is 0 Å². The van der Waals surface area contributed by atoms with Crippen LogP contribution in [0.4, 0.5) is 5.69 Å². The number of esters is 1. The second kappa shape index (κ2) is 10.5. The minimum Gasteiger partial charge on any atom is -0.456 e. The van der Waals surface area contributed by atoms with Gasteiger partial charge in [-0.25, -0.2) is 5.01 Å². The van der Waals surface area contributed by atoms with E-state index in [-0.39, 0.29) is 25.4 Å². The van der Waals surface area contributed by atoms with Crippen molar-refractivity contribution in [2.75, 3.05) is 18.5 Å². The Kier molecular flexibility index (Phi) is 7.54. The van der Waals surface area contributed by atoms with E-state index in [2.05, 4.69) is 10.4 Å². The predicted molar refractivity (Wildman–Crippen MR) is 119 cm³/mol. The largest absolute Gasteiger partial charge is 0.456 e. The third-order valence-corrected chi connectivity index (χ3v) is 5.11. The van der Waals surface area contributed by atoms with Crippen molar-refractivity contribution in [3.8, 4) is 0 Å². The molecule has 0 aromatic heterocycles. The van der Waals surface area contributed by atoms with Crippen molar-refractivity contribution < 1.29 is 19.1 Å². The van der Waals surface area contributed by atoms with Crippen molar-refractivity contribution in [2.24, 2.45) is 5.10 Å². The van der Waals surface area contributed by atoms with Gasteiger partial charge >= 0.3 is 5.97 Å². The van der Waals surface area contributed by atoms with Crippen LogP contribution in [0, 0.1) is 6.92 Å². The van der Waals surface area contributed by atoms with E-state index >= 15 is 0 Å². The average Bonchev–Trinajstić information content (AvgIpc) is 3.28.